The molecule has 0 amide bonds. The van der Waals surface area contributed by atoms with Gasteiger partial charge < -0.3 is 43.3 Å². The summed E-state index contributed by atoms with van der Waals surface area (Å²) < 4.78 is 29.3. The molecule has 0 bridgehead atoms. The maximum atomic E-state index is 12.9. The number of aliphatic hydroxyl groups is 1. The molecule has 216 valence electrons. The number of aromatic amines is 1. The van der Waals surface area contributed by atoms with E-state index in [1.165, 1.54) is 13.2 Å². The number of aliphatic hydroxyl groups excluding tert-OH is 1. The van der Waals surface area contributed by atoms with Gasteiger partial charge in [-0.1, -0.05) is 0 Å². The standard InChI is InChI=1S/C29H37N3O8/c1-16-7-9-19(30-16)27(35)39-25-23(34)28(40-29(3,4)26(25)36-6)37-21-10-8-18-20(32-13-11-31(5)12-14-32)15-22(33)38-24(18)17(21)2/h7-10,15,23,25-26,28,30,34H,11-14H2,1-6H3/t23-,25+,26-,28-/m1/s1. The second kappa shape index (κ2) is 10.9. The Kier molecular flexibility index (Phi) is 7.66. The number of carbonyl (C=O) groups is 1. The van der Waals surface area contributed by atoms with Crippen molar-refractivity contribution in [3.8, 4) is 5.75 Å². The fraction of sp³-hybridized carbons (Fsp3) is 0.517. The number of aromatic nitrogens is 1. The number of H-pyrrole nitrogens is 1. The molecule has 2 aromatic heterocycles. The van der Waals surface area contributed by atoms with E-state index in [0.29, 0.717) is 16.9 Å². The zero-order chi connectivity index (χ0) is 28.8. The van der Waals surface area contributed by atoms with E-state index in [0.717, 1.165) is 42.9 Å². The number of piperazine rings is 1. The fourth-order valence-corrected chi connectivity index (χ4v) is 5.51. The van der Waals surface area contributed by atoms with Gasteiger partial charge in [-0.25, -0.2) is 9.59 Å². The van der Waals surface area contributed by atoms with Gasteiger partial charge in [-0.3, -0.25) is 0 Å². The molecule has 1 aromatic carbocycles. The van der Waals surface area contributed by atoms with Gasteiger partial charge in [0.15, 0.2) is 12.2 Å². The highest BCUT2D eigenvalue weighted by atomic mass is 16.7. The highest BCUT2D eigenvalue weighted by Gasteiger charge is 2.53. The van der Waals surface area contributed by atoms with Crippen LogP contribution in [0.4, 0.5) is 5.69 Å². The van der Waals surface area contributed by atoms with Crippen molar-refractivity contribution in [3.05, 3.63) is 57.7 Å². The van der Waals surface area contributed by atoms with Crippen LogP contribution in [0.1, 0.15) is 35.6 Å². The summed E-state index contributed by atoms with van der Waals surface area (Å²) in [6.45, 7) is 10.6. The van der Waals surface area contributed by atoms with Crippen molar-refractivity contribution in [1.82, 2.24) is 9.88 Å². The minimum Gasteiger partial charge on any atom is -0.462 e. The van der Waals surface area contributed by atoms with E-state index < -0.39 is 41.8 Å². The normalized spacial score (nSPS) is 25.2. The molecule has 0 unspecified atom stereocenters. The fourth-order valence-electron chi connectivity index (χ4n) is 5.51. The first-order valence-electron chi connectivity index (χ1n) is 13.4. The third-order valence-corrected chi connectivity index (χ3v) is 7.74. The largest absolute Gasteiger partial charge is 0.462 e. The maximum absolute atomic E-state index is 12.9. The Morgan fingerprint density at radius 1 is 1.12 bits per heavy atom. The van der Waals surface area contributed by atoms with E-state index in [1.807, 2.05) is 13.0 Å². The molecule has 0 radical (unpaired) electrons. The van der Waals surface area contributed by atoms with Crippen LogP contribution < -0.4 is 15.3 Å². The van der Waals surface area contributed by atoms with Gasteiger partial charge in [0.2, 0.25) is 6.29 Å². The molecule has 2 N–H and O–H groups in total. The average Bonchev–Trinajstić information content (AvgIpc) is 3.35. The number of rotatable bonds is 6. The number of esters is 1. The molecule has 4 atom stereocenters. The number of anilines is 1. The molecule has 2 aliphatic heterocycles. The highest BCUT2D eigenvalue weighted by molar-refractivity contribution is 5.93. The second-order valence-corrected chi connectivity index (χ2v) is 11.1. The van der Waals surface area contributed by atoms with Gasteiger partial charge in [-0.2, -0.15) is 0 Å². The van der Waals surface area contributed by atoms with E-state index in [2.05, 4.69) is 21.8 Å². The van der Waals surface area contributed by atoms with Crippen molar-refractivity contribution in [2.75, 3.05) is 45.2 Å². The summed E-state index contributed by atoms with van der Waals surface area (Å²) in [6, 6.07) is 8.52. The van der Waals surface area contributed by atoms with Crippen LogP contribution >= 0.6 is 0 Å². The quantitative estimate of drug-likeness (QED) is 0.346. The molecule has 0 aliphatic carbocycles. The summed E-state index contributed by atoms with van der Waals surface area (Å²) in [6.07, 6.45) is -4.44. The van der Waals surface area contributed by atoms with E-state index in [-0.39, 0.29) is 5.69 Å². The first-order valence-corrected chi connectivity index (χ1v) is 13.4. The van der Waals surface area contributed by atoms with E-state index in [4.69, 9.17) is 23.4 Å². The number of carbonyl (C=O) groups excluding carboxylic acids is 1. The maximum Gasteiger partial charge on any atom is 0.355 e. The average molecular weight is 556 g/mol. The van der Waals surface area contributed by atoms with Crippen LogP contribution in [-0.2, 0) is 14.2 Å². The summed E-state index contributed by atoms with van der Waals surface area (Å²) in [5.74, 6) is -0.261. The lowest BCUT2D eigenvalue weighted by atomic mass is 9.89. The van der Waals surface area contributed by atoms with Crippen molar-refractivity contribution in [2.45, 2.75) is 57.9 Å². The number of fused-ring (bicyclic) bond motifs is 1. The Bertz CT molecular complexity index is 1440. The van der Waals surface area contributed by atoms with Crippen LogP contribution in [0.25, 0.3) is 11.0 Å². The Balaban J connectivity index is 1.44. The first-order chi connectivity index (χ1) is 19.0. The molecule has 3 aromatic rings. The number of ether oxygens (including phenoxy) is 4. The molecule has 11 heteroatoms. The molecule has 4 heterocycles. The Labute approximate surface area is 232 Å². The van der Waals surface area contributed by atoms with Crippen LogP contribution in [-0.4, -0.2) is 91.5 Å². The lowest BCUT2D eigenvalue weighted by molar-refractivity contribution is -0.305. The Morgan fingerprint density at radius 3 is 2.50 bits per heavy atom. The summed E-state index contributed by atoms with van der Waals surface area (Å²) in [5, 5.41) is 12.1. The van der Waals surface area contributed by atoms with Crippen LogP contribution in [0.5, 0.6) is 5.75 Å². The van der Waals surface area contributed by atoms with Crippen LogP contribution in [0.3, 0.4) is 0 Å². The SMILES string of the molecule is CO[C@@H]1[C@@H](OC(=O)c2ccc(C)[nH]2)[C@@H](O)[C@H](Oc2ccc3c(N4CCN(C)CC4)cc(=O)oc3c2C)OC1(C)C. The lowest BCUT2D eigenvalue weighted by Gasteiger charge is -2.47. The number of hydrogen-bond donors (Lipinski definition) is 2. The number of likely N-dealkylation sites (N-methyl/N-ethyl adjacent to an activating group) is 1. The van der Waals surface area contributed by atoms with E-state index >= 15 is 0 Å². The van der Waals surface area contributed by atoms with Crippen molar-refractivity contribution in [3.63, 3.8) is 0 Å². The predicted octanol–water partition coefficient (Wildman–Crippen LogP) is 2.60. The molecule has 2 saturated heterocycles. The summed E-state index contributed by atoms with van der Waals surface area (Å²) in [4.78, 5) is 32.8. The zero-order valence-corrected chi connectivity index (χ0v) is 23.7. The van der Waals surface area contributed by atoms with Gasteiger partial charge >= 0.3 is 11.6 Å². The number of hydrogen-bond acceptors (Lipinski definition) is 10. The Morgan fingerprint density at radius 2 is 1.85 bits per heavy atom. The van der Waals surface area contributed by atoms with Gasteiger partial charge in [-0.15, -0.1) is 0 Å². The molecule has 2 aliphatic rings. The van der Waals surface area contributed by atoms with E-state index in [1.54, 1.807) is 39.0 Å². The Hall–Kier alpha value is -3.38. The molecule has 11 nitrogen and oxygen atoms in total. The summed E-state index contributed by atoms with van der Waals surface area (Å²) in [7, 11) is 3.55. The number of nitrogens with zero attached hydrogens (tertiary/aromatic N) is 2. The summed E-state index contributed by atoms with van der Waals surface area (Å²) >= 11 is 0. The van der Waals surface area contributed by atoms with Crippen molar-refractivity contribution in [1.29, 1.82) is 0 Å². The second-order valence-electron chi connectivity index (χ2n) is 11.1. The topological polar surface area (TPSA) is 127 Å². The molecule has 0 saturated carbocycles. The van der Waals surface area contributed by atoms with Gasteiger partial charge in [0, 0.05) is 56.0 Å². The molecule has 40 heavy (non-hydrogen) atoms. The number of nitrogens with one attached hydrogen (secondary N) is 1. The number of methoxy groups -OCH3 is 1. The van der Waals surface area contributed by atoms with Gasteiger partial charge in [-0.05, 0) is 59.0 Å². The third-order valence-electron chi connectivity index (χ3n) is 7.74. The third kappa shape index (κ3) is 5.34. The highest BCUT2D eigenvalue weighted by Crippen LogP contribution is 2.37. The predicted molar refractivity (Wildman–Crippen MR) is 148 cm³/mol. The molecule has 5 rings (SSSR count). The summed E-state index contributed by atoms with van der Waals surface area (Å²) in [5.41, 5.74) is 1.44. The smallest absolute Gasteiger partial charge is 0.355 e. The van der Waals surface area contributed by atoms with Gasteiger partial charge in [0.05, 0.1) is 11.3 Å². The zero-order valence-electron chi connectivity index (χ0n) is 23.7. The molecule has 0 spiro atoms. The number of benzene rings is 1. The van der Waals surface area contributed by atoms with Crippen molar-refractivity contribution < 1.29 is 33.3 Å². The van der Waals surface area contributed by atoms with Gasteiger partial charge in [0.1, 0.15) is 23.1 Å². The molecular formula is C29H37N3O8. The monoisotopic (exact) mass is 555 g/mol. The van der Waals surface area contributed by atoms with Crippen LogP contribution in [0.15, 0.2) is 39.5 Å². The number of aryl methyl sites for hydroxylation is 2. The van der Waals surface area contributed by atoms with E-state index in [9.17, 15) is 14.7 Å². The molecule has 2 fully saturated rings. The van der Waals surface area contributed by atoms with Gasteiger partial charge in [0.25, 0.3) is 0 Å². The van der Waals surface area contributed by atoms with Crippen molar-refractivity contribution in [2.24, 2.45) is 0 Å². The first kappa shape index (κ1) is 28.2. The van der Waals surface area contributed by atoms with Crippen LogP contribution in [0, 0.1) is 13.8 Å². The minimum absolute atomic E-state index is 0.262. The molecular weight excluding hydrogens is 518 g/mol. The minimum atomic E-state index is -1.38. The van der Waals surface area contributed by atoms with Crippen LogP contribution in [0.2, 0.25) is 0 Å². The van der Waals surface area contributed by atoms with Crippen molar-refractivity contribution >= 4 is 22.6 Å². The lowest BCUT2D eigenvalue weighted by Crippen LogP contribution is -2.65.